The Kier molecular flexibility index (Phi) is 5.76. The molecule has 6 nitrogen and oxygen atoms in total. The maximum Gasteiger partial charge on any atom is 0.269 e. The lowest BCUT2D eigenvalue weighted by molar-refractivity contribution is -0.384. The zero-order valence-electron chi connectivity index (χ0n) is 13.1. The van der Waals surface area contributed by atoms with E-state index in [1.165, 1.54) is 23.1 Å². The van der Waals surface area contributed by atoms with Crippen molar-refractivity contribution in [3.05, 3.63) is 68.7 Å². The highest BCUT2D eigenvalue weighted by molar-refractivity contribution is 6.31. The fraction of sp³-hybridized carbons (Fsp3) is 0.235. The molecule has 0 aromatic heterocycles. The first-order valence-corrected chi connectivity index (χ1v) is 7.70. The lowest BCUT2D eigenvalue weighted by Gasteiger charge is -2.18. The van der Waals surface area contributed by atoms with Gasteiger partial charge in [-0.15, -0.1) is 0 Å². The molecule has 126 valence electrons. The van der Waals surface area contributed by atoms with Crippen molar-refractivity contribution >= 4 is 23.2 Å². The summed E-state index contributed by atoms with van der Waals surface area (Å²) in [6, 6.07) is 11.0. The Balaban J connectivity index is 2.00. The van der Waals surface area contributed by atoms with Crippen molar-refractivity contribution in [1.29, 1.82) is 0 Å². The smallest absolute Gasteiger partial charge is 0.269 e. The number of para-hydroxylation sites is 1. The van der Waals surface area contributed by atoms with Crippen molar-refractivity contribution in [1.82, 2.24) is 4.90 Å². The van der Waals surface area contributed by atoms with Gasteiger partial charge in [0, 0.05) is 37.2 Å². The number of aryl methyl sites for hydroxylation is 1. The Morgan fingerprint density at radius 2 is 1.96 bits per heavy atom. The van der Waals surface area contributed by atoms with E-state index in [2.05, 4.69) is 0 Å². The van der Waals surface area contributed by atoms with Crippen LogP contribution in [0, 0.1) is 10.1 Å². The topological polar surface area (TPSA) is 83.7 Å². The summed E-state index contributed by atoms with van der Waals surface area (Å²) in [5.74, 6) is 0.0236. The molecule has 0 unspecified atom stereocenters. The van der Waals surface area contributed by atoms with Gasteiger partial charge in [-0.05, 0) is 29.7 Å². The predicted molar refractivity (Wildman–Crippen MR) is 91.0 cm³/mol. The van der Waals surface area contributed by atoms with E-state index in [0.29, 0.717) is 22.6 Å². The van der Waals surface area contributed by atoms with Crippen LogP contribution in [0.25, 0.3) is 0 Å². The molecule has 1 N–H and O–H groups in total. The molecule has 24 heavy (non-hydrogen) atoms. The van der Waals surface area contributed by atoms with E-state index < -0.39 is 4.92 Å². The number of phenols is 1. The third kappa shape index (κ3) is 4.45. The molecule has 0 aliphatic rings. The van der Waals surface area contributed by atoms with Crippen molar-refractivity contribution in [3.63, 3.8) is 0 Å². The van der Waals surface area contributed by atoms with Gasteiger partial charge in [0.25, 0.3) is 5.69 Å². The van der Waals surface area contributed by atoms with Gasteiger partial charge >= 0.3 is 0 Å². The van der Waals surface area contributed by atoms with E-state index >= 15 is 0 Å². The van der Waals surface area contributed by atoms with Gasteiger partial charge in [-0.1, -0.05) is 29.8 Å². The van der Waals surface area contributed by atoms with Gasteiger partial charge < -0.3 is 10.0 Å². The highest BCUT2D eigenvalue weighted by Gasteiger charge is 2.15. The first-order chi connectivity index (χ1) is 11.4. The van der Waals surface area contributed by atoms with Crippen LogP contribution >= 0.6 is 11.6 Å². The van der Waals surface area contributed by atoms with Crippen LogP contribution in [0.5, 0.6) is 5.75 Å². The highest BCUT2D eigenvalue weighted by Crippen LogP contribution is 2.23. The van der Waals surface area contributed by atoms with Crippen LogP contribution < -0.4 is 0 Å². The number of nitro groups is 1. The Labute approximate surface area is 144 Å². The van der Waals surface area contributed by atoms with Gasteiger partial charge in [-0.3, -0.25) is 14.9 Å². The molecule has 2 aromatic rings. The van der Waals surface area contributed by atoms with Gasteiger partial charge in [-0.2, -0.15) is 0 Å². The number of carbonyl (C=O) groups excluding carboxylic acids is 1. The number of carbonyl (C=O) groups is 1. The molecule has 2 rings (SSSR count). The minimum Gasteiger partial charge on any atom is -0.508 e. The Morgan fingerprint density at radius 1 is 1.25 bits per heavy atom. The van der Waals surface area contributed by atoms with Crippen molar-refractivity contribution in [3.8, 4) is 5.75 Å². The molecule has 0 aliphatic heterocycles. The number of amides is 1. The zero-order chi connectivity index (χ0) is 17.7. The molecule has 0 saturated heterocycles. The molecule has 0 saturated carbocycles. The Hall–Kier alpha value is -2.60. The summed E-state index contributed by atoms with van der Waals surface area (Å²) in [7, 11) is 1.61. The van der Waals surface area contributed by atoms with E-state index in [1.54, 1.807) is 31.3 Å². The van der Waals surface area contributed by atoms with Crippen LogP contribution in [0.2, 0.25) is 5.02 Å². The van der Waals surface area contributed by atoms with Crippen LogP contribution in [0.4, 0.5) is 5.69 Å². The second-order valence-electron chi connectivity index (χ2n) is 5.41. The predicted octanol–water partition coefficient (Wildman–Crippen LogP) is 3.55. The van der Waals surface area contributed by atoms with Gasteiger partial charge in [0.15, 0.2) is 0 Å². The molecule has 7 heteroatoms. The Morgan fingerprint density at radius 3 is 2.62 bits per heavy atom. The minimum absolute atomic E-state index is 0.0653. The van der Waals surface area contributed by atoms with Crippen LogP contribution in [-0.2, 0) is 17.8 Å². The Bertz CT molecular complexity index is 764. The number of halogens is 1. The van der Waals surface area contributed by atoms with Gasteiger partial charge in [-0.25, -0.2) is 0 Å². The molecule has 0 aliphatic carbocycles. The molecule has 0 fully saturated rings. The number of phenolic OH excluding ortho intramolecular Hbond substituents is 1. The van der Waals surface area contributed by atoms with Gasteiger partial charge in [0.2, 0.25) is 5.91 Å². The summed E-state index contributed by atoms with van der Waals surface area (Å²) in [5.41, 5.74) is 1.15. The van der Waals surface area contributed by atoms with E-state index in [4.69, 9.17) is 11.6 Å². The van der Waals surface area contributed by atoms with Crippen LogP contribution in [0.1, 0.15) is 17.5 Å². The molecule has 0 radical (unpaired) electrons. The fourth-order valence-electron chi connectivity index (χ4n) is 2.29. The average Bonchev–Trinajstić information content (AvgIpc) is 2.55. The highest BCUT2D eigenvalue weighted by atomic mass is 35.5. The van der Waals surface area contributed by atoms with Crippen LogP contribution in [-0.4, -0.2) is 27.9 Å². The third-order valence-electron chi connectivity index (χ3n) is 3.67. The number of rotatable bonds is 6. The first-order valence-electron chi connectivity index (χ1n) is 7.32. The maximum absolute atomic E-state index is 12.2. The molecule has 0 atom stereocenters. The lowest BCUT2D eigenvalue weighted by atomic mass is 10.1. The number of nitro benzene ring substituents is 1. The first kappa shape index (κ1) is 17.7. The largest absolute Gasteiger partial charge is 0.508 e. The number of benzene rings is 2. The van der Waals surface area contributed by atoms with E-state index in [-0.39, 0.29) is 30.3 Å². The third-order valence-corrected chi connectivity index (χ3v) is 4.04. The summed E-state index contributed by atoms with van der Waals surface area (Å²) in [6.07, 6.45) is 0.638. The van der Waals surface area contributed by atoms with E-state index in [0.717, 1.165) is 0 Å². The molecule has 2 aromatic carbocycles. The average molecular weight is 349 g/mol. The molecular formula is C17H17ClN2O4. The number of hydrogen-bond acceptors (Lipinski definition) is 4. The number of hydrogen-bond donors (Lipinski definition) is 1. The van der Waals surface area contributed by atoms with Gasteiger partial charge in [0.05, 0.1) is 4.92 Å². The van der Waals surface area contributed by atoms with Crippen molar-refractivity contribution in [2.24, 2.45) is 0 Å². The quantitative estimate of drug-likeness (QED) is 0.639. The number of aromatic hydroxyl groups is 1. The molecule has 1 amide bonds. The zero-order valence-corrected chi connectivity index (χ0v) is 13.9. The normalized spacial score (nSPS) is 10.4. The molecule has 0 heterocycles. The van der Waals surface area contributed by atoms with Crippen LogP contribution in [0.15, 0.2) is 42.5 Å². The summed E-state index contributed by atoms with van der Waals surface area (Å²) in [6.45, 7) is 0.181. The number of non-ortho nitro benzene ring substituents is 1. The molecule has 0 spiro atoms. The molecule has 0 bridgehead atoms. The van der Waals surface area contributed by atoms with E-state index in [1.807, 2.05) is 0 Å². The number of nitrogens with zero attached hydrogens (tertiary/aromatic N) is 2. The summed E-state index contributed by atoms with van der Waals surface area (Å²) in [5, 5.41) is 20.9. The monoisotopic (exact) mass is 348 g/mol. The minimum atomic E-state index is -0.500. The van der Waals surface area contributed by atoms with E-state index in [9.17, 15) is 20.0 Å². The van der Waals surface area contributed by atoms with Gasteiger partial charge in [0.1, 0.15) is 5.75 Å². The van der Waals surface area contributed by atoms with Crippen molar-refractivity contribution < 1.29 is 14.8 Å². The summed E-state index contributed by atoms with van der Waals surface area (Å²) >= 11 is 6.05. The second kappa shape index (κ2) is 7.79. The van der Waals surface area contributed by atoms with Crippen molar-refractivity contribution in [2.45, 2.75) is 19.4 Å². The standard InChI is InChI=1S/C17H17ClN2O4/c1-19(11-13-10-14(20(23)24)7-8-15(13)18)17(22)9-6-12-4-2-3-5-16(12)21/h2-5,7-8,10,21H,6,9,11H2,1H3. The fourth-order valence-corrected chi connectivity index (χ4v) is 2.47. The summed E-state index contributed by atoms with van der Waals surface area (Å²) < 4.78 is 0. The second-order valence-corrected chi connectivity index (χ2v) is 5.82. The molecular weight excluding hydrogens is 332 g/mol. The maximum atomic E-state index is 12.2. The summed E-state index contributed by atoms with van der Waals surface area (Å²) in [4.78, 5) is 24.0. The SMILES string of the molecule is CN(Cc1cc([N+](=O)[O-])ccc1Cl)C(=O)CCc1ccccc1O. The van der Waals surface area contributed by atoms with Crippen molar-refractivity contribution in [2.75, 3.05) is 7.05 Å². The van der Waals surface area contributed by atoms with Crippen LogP contribution in [0.3, 0.4) is 0 Å². The lowest BCUT2D eigenvalue weighted by Crippen LogP contribution is -2.26.